The van der Waals surface area contributed by atoms with Crippen molar-refractivity contribution in [1.82, 2.24) is 10.3 Å². The molecule has 0 unspecified atom stereocenters. The molecule has 1 aromatic heterocycles. The van der Waals surface area contributed by atoms with Gasteiger partial charge >= 0.3 is 0 Å². The Labute approximate surface area is 108 Å². The van der Waals surface area contributed by atoms with Crippen LogP contribution in [0.5, 0.6) is 0 Å². The summed E-state index contributed by atoms with van der Waals surface area (Å²) < 4.78 is 5.80. The van der Waals surface area contributed by atoms with E-state index in [0.29, 0.717) is 0 Å². The number of nitrogens with one attached hydrogen (secondary N) is 1. The van der Waals surface area contributed by atoms with Gasteiger partial charge < -0.3 is 9.73 Å². The Balaban J connectivity index is 2.13. The molecule has 2 aromatic rings. The Bertz CT molecular complexity index is 517. The average Bonchev–Trinajstić information content (AvgIpc) is 2.78. The maximum Gasteiger partial charge on any atom is 0.194 e. The van der Waals surface area contributed by atoms with Crippen molar-refractivity contribution in [2.24, 2.45) is 0 Å². The summed E-state index contributed by atoms with van der Waals surface area (Å²) in [7, 11) is 1.96. The van der Waals surface area contributed by atoms with Gasteiger partial charge in [-0.2, -0.15) is 0 Å². The van der Waals surface area contributed by atoms with Crippen molar-refractivity contribution in [1.29, 1.82) is 0 Å². The molecule has 0 spiro atoms. The molecule has 2 rings (SSSR count). The molecule has 0 bridgehead atoms. The molecule has 0 saturated carbocycles. The van der Waals surface area contributed by atoms with Crippen molar-refractivity contribution in [3.8, 4) is 11.3 Å². The van der Waals surface area contributed by atoms with Crippen LogP contribution in [-0.2, 0) is 6.42 Å². The minimum atomic E-state index is 0.820. The van der Waals surface area contributed by atoms with E-state index in [1.807, 2.05) is 13.2 Å². The third kappa shape index (κ3) is 2.99. The molecule has 0 aliphatic carbocycles. The predicted octanol–water partition coefficient (Wildman–Crippen LogP) is 3.11. The minimum Gasteiger partial charge on any atom is -0.441 e. The molecule has 18 heavy (non-hydrogen) atoms. The van der Waals surface area contributed by atoms with Crippen molar-refractivity contribution in [2.45, 2.75) is 26.7 Å². The zero-order chi connectivity index (χ0) is 13.0. The molecule has 1 aromatic carbocycles. The second-order valence-electron chi connectivity index (χ2n) is 4.64. The Kier molecular flexibility index (Phi) is 4.15. The fourth-order valence-corrected chi connectivity index (χ4v) is 2.06. The molecule has 3 nitrogen and oxygen atoms in total. The van der Waals surface area contributed by atoms with Crippen LogP contribution in [0.4, 0.5) is 0 Å². The maximum absolute atomic E-state index is 5.80. The zero-order valence-corrected chi connectivity index (χ0v) is 11.3. The van der Waals surface area contributed by atoms with Gasteiger partial charge in [0.25, 0.3) is 0 Å². The van der Waals surface area contributed by atoms with Crippen LogP contribution in [0, 0.1) is 13.8 Å². The van der Waals surface area contributed by atoms with Crippen LogP contribution in [0.3, 0.4) is 0 Å². The molecule has 0 amide bonds. The summed E-state index contributed by atoms with van der Waals surface area (Å²) in [6.07, 6.45) is 3.75. The number of oxazole rings is 1. The number of hydrogen-bond donors (Lipinski definition) is 1. The van der Waals surface area contributed by atoms with Crippen LogP contribution in [0.1, 0.15) is 23.4 Å². The summed E-state index contributed by atoms with van der Waals surface area (Å²) in [4.78, 5) is 4.33. The molecule has 0 atom stereocenters. The highest BCUT2D eigenvalue weighted by Crippen LogP contribution is 2.25. The second kappa shape index (κ2) is 5.83. The lowest BCUT2D eigenvalue weighted by Crippen LogP contribution is -2.08. The number of aromatic nitrogens is 1. The first-order valence-electron chi connectivity index (χ1n) is 6.37. The van der Waals surface area contributed by atoms with Crippen molar-refractivity contribution < 1.29 is 4.42 Å². The first-order chi connectivity index (χ1) is 8.70. The van der Waals surface area contributed by atoms with Gasteiger partial charge in [-0.3, -0.25) is 0 Å². The van der Waals surface area contributed by atoms with E-state index >= 15 is 0 Å². The Morgan fingerprint density at radius 3 is 2.83 bits per heavy atom. The zero-order valence-electron chi connectivity index (χ0n) is 11.3. The molecule has 1 heterocycles. The first kappa shape index (κ1) is 12.8. The smallest absolute Gasteiger partial charge is 0.194 e. The molecule has 0 aliphatic heterocycles. The van der Waals surface area contributed by atoms with Gasteiger partial charge in [-0.25, -0.2) is 4.98 Å². The Hall–Kier alpha value is -1.61. The molecular formula is C15H20N2O. The summed E-state index contributed by atoms with van der Waals surface area (Å²) in [5.41, 5.74) is 3.63. The van der Waals surface area contributed by atoms with Crippen LogP contribution < -0.4 is 5.32 Å². The van der Waals surface area contributed by atoms with E-state index in [2.05, 4.69) is 42.3 Å². The largest absolute Gasteiger partial charge is 0.441 e. The van der Waals surface area contributed by atoms with Crippen LogP contribution in [0.15, 0.2) is 28.8 Å². The monoisotopic (exact) mass is 244 g/mol. The number of hydrogen-bond acceptors (Lipinski definition) is 3. The van der Waals surface area contributed by atoms with Crippen LogP contribution in [-0.4, -0.2) is 18.6 Å². The highest BCUT2D eigenvalue weighted by atomic mass is 16.4. The van der Waals surface area contributed by atoms with Crippen LogP contribution in [0.2, 0.25) is 0 Å². The SMILES string of the molecule is CNCCCc1ncc(-c2ccc(C)cc2C)o1. The van der Waals surface area contributed by atoms with Crippen LogP contribution in [0.25, 0.3) is 11.3 Å². The first-order valence-corrected chi connectivity index (χ1v) is 6.37. The van der Waals surface area contributed by atoms with E-state index in [9.17, 15) is 0 Å². The van der Waals surface area contributed by atoms with E-state index in [4.69, 9.17) is 4.42 Å². The van der Waals surface area contributed by atoms with Gasteiger partial charge in [-0.1, -0.05) is 23.8 Å². The van der Waals surface area contributed by atoms with Gasteiger partial charge in [0.05, 0.1) is 6.20 Å². The number of benzene rings is 1. The lowest BCUT2D eigenvalue weighted by molar-refractivity contribution is 0.495. The van der Waals surface area contributed by atoms with Gasteiger partial charge in [0.15, 0.2) is 11.7 Å². The second-order valence-corrected chi connectivity index (χ2v) is 4.64. The number of aryl methyl sites for hydroxylation is 3. The predicted molar refractivity (Wildman–Crippen MR) is 73.7 cm³/mol. The fourth-order valence-electron chi connectivity index (χ4n) is 2.06. The minimum absolute atomic E-state index is 0.820. The number of rotatable bonds is 5. The molecule has 0 aliphatic rings. The van der Waals surface area contributed by atoms with E-state index in [0.717, 1.165) is 36.6 Å². The third-order valence-electron chi connectivity index (χ3n) is 3.02. The fraction of sp³-hybridized carbons (Fsp3) is 0.400. The lowest BCUT2D eigenvalue weighted by Gasteiger charge is -2.03. The van der Waals surface area contributed by atoms with Crippen molar-refractivity contribution in [3.05, 3.63) is 41.4 Å². The Morgan fingerprint density at radius 1 is 1.28 bits per heavy atom. The molecule has 96 valence electrons. The third-order valence-corrected chi connectivity index (χ3v) is 3.02. The van der Waals surface area contributed by atoms with Crippen molar-refractivity contribution in [2.75, 3.05) is 13.6 Å². The Morgan fingerprint density at radius 2 is 2.11 bits per heavy atom. The van der Waals surface area contributed by atoms with E-state index in [1.54, 1.807) is 0 Å². The maximum atomic E-state index is 5.80. The summed E-state index contributed by atoms with van der Waals surface area (Å²) in [5, 5.41) is 3.12. The highest BCUT2D eigenvalue weighted by molar-refractivity contribution is 5.61. The molecule has 0 saturated heterocycles. The summed E-state index contributed by atoms with van der Waals surface area (Å²) in [5.74, 6) is 1.69. The van der Waals surface area contributed by atoms with E-state index in [1.165, 1.54) is 11.1 Å². The van der Waals surface area contributed by atoms with E-state index in [-0.39, 0.29) is 0 Å². The van der Waals surface area contributed by atoms with Gasteiger partial charge in [0.1, 0.15) is 0 Å². The van der Waals surface area contributed by atoms with Gasteiger partial charge in [-0.15, -0.1) is 0 Å². The molecule has 0 fully saturated rings. The summed E-state index contributed by atoms with van der Waals surface area (Å²) in [6.45, 7) is 5.19. The normalized spacial score (nSPS) is 10.8. The van der Waals surface area contributed by atoms with Gasteiger partial charge in [-0.05, 0) is 39.4 Å². The molecule has 1 N–H and O–H groups in total. The number of nitrogens with zero attached hydrogens (tertiary/aromatic N) is 1. The van der Waals surface area contributed by atoms with Gasteiger partial charge in [0.2, 0.25) is 0 Å². The highest BCUT2D eigenvalue weighted by Gasteiger charge is 2.08. The lowest BCUT2D eigenvalue weighted by atomic mass is 10.0. The standard InChI is InChI=1S/C15H20N2O/c1-11-6-7-13(12(2)9-11)14-10-17-15(18-14)5-4-8-16-3/h6-7,9-10,16H,4-5,8H2,1-3H3. The topological polar surface area (TPSA) is 38.1 Å². The molecule has 0 radical (unpaired) electrons. The van der Waals surface area contributed by atoms with E-state index < -0.39 is 0 Å². The summed E-state index contributed by atoms with van der Waals surface area (Å²) in [6, 6.07) is 6.37. The van der Waals surface area contributed by atoms with Gasteiger partial charge in [0, 0.05) is 12.0 Å². The molecule has 3 heteroatoms. The van der Waals surface area contributed by atoms with Crippen molar-refractivity contribution in [3.63, 3.8) is 0 Å². The summed E-state index contributed by atoms with van der Waals surface area (Å²) >= 11 is 0. The van der Waals surface area contributed by atoms with Crippen LogP contribution >= 0.6 is 0 Å². The van der Waals surface area contributed by atoms with Crippen molar-refractivity contribution >= 4 is 0 Å². The molecular weight excluding hydrogens is 224 g/mol. The quantitative estimate of drug-likeness (QED) is 0.821. The average molecular weight is 244 g/mol.